The van der Waals surface area contributed by atoms with Crippen molar-refractivity contribution < 1.29 is 34.2 Å². The number of nitrogens with zero attached hydrogens (tertiary/aromatic N) is 1. The van der Waals surface area contributed by atoms with Gasteiger partial charge < -0.3 is 20.1 Å². The molecular formula is C25H45NO6. The molecule has 32 heavy (non-hydrogen) atoms. The van der Waals surface area contributed by atoms with Crippen molar-refractivity contribution in [2.75, 3.05) is 6.54 Å². The molecule has 0 bridgehead atoms. The standard InChI is InChI=1S/C25H45NO6/c1-5-9-10-11-12-13-14-15-19-26(20(16-6-2)23(27)28,21(17-7-3)24(29)30)22(18-8-4)25(31)32/h5,20-22H,1,6-19H2,2-4H3,(H2-,27,28,29,30,31,32). The lowest BCUT2D eigenvalue weighted by Gasteiger charge is -2.52. The fraction of sp³-hybridized carbons (Fsp3) is 0.800. The molecule has 0 spiro atoms. The summed E-state index contributed by atoms with van der Waals surface area (Å²) < 4.78 is -0.445. The van der Waals surface area contributed by atoms with Crippen LogP contribution in [0.2, 0.25) is 0 Å². The molecule has 0 heterocycles. The summed E-state index contributed by atoms with van der Waals surface area (Å²) in [6, 6.07) is -3.34. The fourth-order valence-corrected chi connectivity index (χ4v) is 5.01. The van der Waals surface area contributed by atoms with Gasteiger partial charge in [0.25, 0.3) is 0 Å². The van der Waals surface area contributed by atoms with E-state index in [9.17, 15) is 29.7 Å². The molecule has 0 rings (SSSR count). The molecule has 0 aromatic heterocycles. The second-order valence-electron chi connectivity index (χ2n) is 8.83. The first-order valence-corrected chi connectivity index (χ1v) is 12.4. The summed E-state index contributed by atoms with van der Waals surface area (Å²) in [7, 11) is 0. The molecular weight excluding hydrogens is 410 g/mol. The van der Waals surface area contributed by atoms with Crippen LogP contribution in [-0.2, 0) is 14.4 Å². The minimum atomic E-state index is -1.35. The van der Waals surface area contributed by atoms with Crippen LogP contribution < -0.4 is 5.11 Å². The Morgan fingerprint density at radius 2 is 1.19 bits per heavy atom. The van der Waals surface area contributed by atoms with Crippen LogP contribution in [-0.4, -0.2) is 57.3 Å². The maximum Gasteiger partial charge on any atom is 0.362 e. The van der Waals surface area contributed by atoms with Gasteiger partial charge in [0.05, 0.1) is 12.5 Å². The van der Waals surface area contributed by atoms with Crippen molar-refractivity contribution in [3.05, 3.63) is 12.7 Å². The predicted octanol–water partition coefficient (Wildman–Crippen LogP) is 4.15. The fourth-order valence-electron chi connectivity index (χ4n) is 5.01. The highest BCUT2D eigenvalue weighted by atomic mass is 16.4. The molecule has 0 aliphatic heterocycles. The highest BCUT2D eigenvalue weighted by Gasteiger charge is 2.54. The average molecular weight is 456 g/mol. The highest BCUT2D eigenvalue weighted by molar-refractivity contribution is 5.77. The second-order valence-corrected chi connectivity index (χ2v) is 8.83. The van der Waals surface area contributed by atoms with E-state index in [0.29, 0.717) is 25.7 Å². The van der Waals surface area contributed by atoms with Gasteiger partial charge in [0.2, 0.25) is 0 Å². The molecule has 0 aromatic carbocycles. The second kappa shape index (κ2) is 16.7. The lowest BCUT2D eigenvalue weighted by Crippen LogP contribution is -2.74. The summed E-state index contributed by atoms with van der Waals surface area (Å²) >= 11 is 0. The number of carboxylic acid groups (broad SMARTS) is 3. The van der Waals surface area contributed by atoms with Crippen LogP contribution in [0.3, 0.4) is 0 Å². The first kappa shape index (κ1) is 30.1. The van der Waals surface area contributed by atoms with E-state index >= 15 is 0 Å². The zero-order chi connectivity index (χ0) is 24.6. The Balaban J connectivity index is 6.11. The molecule has 0 aliphatic carbocycles. The van der Waals surface area contributed by atoms with Crippen LogP contribution in [0.1, 0.15) is 104 Å². The van der Waals surface area contributed by atoms with E-state index in [-0.39, 0.29) is 25.8 Å². The summed E-state index contributed by atoms with van der Waals surface area (Å²) in [5.41, 5.74) is 0. The van der Waals surface area contributed by atoms with Gasteiger partial charge in [0.1, 0.15) is 6.04 Å². The van der Waals surface area contributed by atoms with Crippen molar-refractivity contribution in [3.8, 4) is 0 Å². The van der Waals surface area contributed by atoms with Crippen molar-refractivity contribution >= 4 is 17.9 Å². The number of carboxylic acids is 3. The Bertz CT molecular complexity index is 517. The summed E-state index contributed by atoms with van der Waals surface area (Å²) in [6.07, 6.45) is 10.7. The van der Waals surface area contributed by atoms with Crippen molar-refractivity contribution in [1.82, 2.24) is 0 Å². The van der Waals surface area contributed by atoms with Crippen LogP contribution in [0, 0.1) is 0 Å². The van der Waals surface area contributed by atoms with E-state index in [2.05, 4.69) is 6.58 Å². The van der Waals surface area contributed by atoms with Crippen molar-refractivity contribution in [1.29, 1.82) is 0 Å². The monoisotopic (exact) mass is 455 g/mol. The summed E-state index contributed by atoms with van der Waals surface area (Å²) in [6.45, 7) is 9.46. The van der Waals surface area contributed by atoms with E-state index < -0.39 is 40.5 Å². The number of allylic oxidation sites excluding steroid dienone is 1. The topological polar surface area (TPSA) is 115 Å². The largest absolute Gasteiger partial charge is 0.544 e. The number of hydrogen-bond donors (Lipinski definition) is 2. The summed E-state index contributed by atoms with van der Waals surface area (Å²) in [5, 5.41) is 32.6. The lowest BCUT2D eigenvalue weighted by molar-refractivity contribution is -0.975. The van der Waals surface area contributed by atoms with Crippen LogP contribution in [0.5, 0.6) is 0 Å². The predicted molar refractivity (Wildman–Crippen MR) is 124 cm³/mol. The number of hydrogen-bond acceptors (Lipinski definition) is 4. The molecule has 0 aromatic rings. The SMILES string of the molecule is C=CCCCCCCCC[N+](C(CCC)C(=O)[O-])(C(CCC)C(=O)O)C(CCC)C(=O)O. The van der Waals surface area contributed by atoms with Crippen LogP contribution in [0.15, 0.2) is 12.7 Å². The Morgan fingerprint density at radius 3 is 1.56 bits per heavy atom. The number of aliphatic carboxylic acids is 3. The third-order valence-electron chi connectivity index (χ3n) is 6.47. The maximum atomic E-state index is 12.4. The van der Waals surface area contributed by atoms with Crippen molar-refractivity contribution in [2.24, 2.45) is 0 Å². The molecule has 186 valence electrons. The molecule has 7 nitrogen and oxygen atoms in total. The molecule has 0 saturated carbocycles. The number of carbonyl (C=O) groups excluding carboxylic acids is 1. The van der Waals surface area contributed by atoms with Gasteiger partial charge in [-0.2, -0.15) is 0 Å². The van der Waals surface area contributed by atoms with Gasteiger partial charge in [-0.15, -0.1) is 6.58 Å². The Hall–Kier alpha value is -1.89. The number of unbranched alkanes of at least 4 members (excludes halogenated alkanes) is 6. The van der Waals surface area contributed by atoms with Crippen LogP contribution >= 0.6 is 0 Å². The van der Waals surface area contributed by atoms with Crippen molar-refractivity contribution in [2.45, 2.75) is 122 Å². The zero-order valence-corrected chi connectivity index (χ0v) is 20.4. The average Bonchev–Trinajstić information content (AvgIpc) is 2.73. The molecule has 0 aliphatic rings. The van der Waals surface area contributed by atoms with E-state index in [1.807, 2.05) is 26.8 Å². The van der Waals surface area contributed by atoms with Gasteiger partial charge in [-0.25, -0.2) is 9.59 Å². The summed E-state index contributed by atoms with van der Waals surface area (Å²) in [5.74, 6) is -3.59. The van der Waals surface area contributed by atoms with Crippen LogP contribution in [0.25, 0.3) is 0 Å². The first-order chi connectivity index (χ1) is 15.2. The Kier molecular flexibility index (Phi) is 15.7. The lowest BCUT2D eigenvalue weighted by atomic mass is 9.91. The van der Waals surface area contributed by atoms with Gasteiger partial charge in [-0.05, 0) is 38.5 Å². The summed E-state index contributed by atoms with van der Waals surface area (Å²) in [4.78, 5) is 37.1. The molecule has 3 unspecified atom stereocenters. The Labute approximate surface area is 194 Å². The van der Waals surface area contributed by atoms with Crippen molar-refractivity contribution in [3.63, 3.8) is 0 Å². The number of rotatable bonds is 21. The third kappa shape index (κ3) is 8.93. The maximum absolute atomic E-state index is 12.4. The molecule has 0 fully saturated rings. The molecule has 0 radical (unpaired) electrons. The van der Waals surface area contributed by atoms with E-state index in [0.717, 1.165) is 38.5 Å². The van der Waals surface area contributed by atoms with E-state index in [1.165, 1.54) is 0 Å². The third-order valence-corrected chi connectivity index (χ3v) is 6.47. The van der Waals surface area contributed by atoms with Crippen LogP contribution in [0.4, 0.5) is 0 Å². The van der Waals surface area contributed by atoms with Gasteiger partial charge in [0.15, 0.2) is 12.1 Å². The Morgan fingerprint density at radius 1 is 0.781 bits per heavy atom. The molecule has 0 amide bonds. The number of quaternary nitrogens is 1. The first-order valence-electron chi connectivity index (χ1n) is 12.4. The quantitative estimate of drug-likeness (QED) is 0.153. The molecule has 2 N–H and O–H groups in total. The van der Waals surface area contributed by atoms with E-state index in [1.54, 1.807) is 0 Å². The molecule has 3 atom stereocenters. The molecule has 7 heteroatoms. The smallest absolute Gasteiger partial charge is 0.362 e. The minimum absolute atomic E-state index is 0.199. The van der Waals surface area contributed by atoms with E-state index in [4.69, 9.17) is 0 Å². The highest BCUT2D eigenvalue weighted by Crippen LogP contribution is 2.34. The minimum Gasteiger partial charge on any atom is -0.544 e. The van der Waals surface area contributed by atoms with Gasteiger partial charge in [0, 0.05) is 19.3 Å². The normalized spacial score (nSPS) is 16.0. The number of carbonyl (C=O) groups is 3. The van der Waals surface area contributed by atoms with Gasteiger partial charge >= 0.3 is 11.9 Å². The zero-order valence-electron chi connectivity index (χ0n) is 20.4. The van der Waals surface area contributed by atoms with Gasteiger partial charge in [-0.1, -0.05) is 52.5 Å². The molecule has 0 saturated heterocycles. The van der Waals surface area contributed by atoms with Gasteiger partial charge in [-0.3, -0.25) is 4.48 Å².